The molecule has 3 aromatic heterocycles. The Morgan fingerprint density at radius 3 is 2.88 bits per heavy atom. The van der Waals surface area contributed by atoms with Crippen LogP contribution in [0.3, 0.4) is 0 Å². The smallest absolute Gasteiger partial charge is 0.347 e. The maximum Gasteiger partial charge on any atom is 0.347 e. The Balaban J connectivity index is 1.64. The first-order valence-corrected chi connectivity index (χ1v) is 11.0. The van der Waals surface area contributed by atoms with E-state index < -0.39 is 11.8 Å². The molecule has 166 valence electrons. The standard InChI is InChI=1S/C23H24N4O4S/c1-26(2)9-10-30-23(29)19-20(28)18(12-15-13-25-21-17(15)7-4-8-24-21)31-22(19)27(3)14-16-6-5-11-32-16/h4-8,11-13H,9-10,14H2,1-3H3,(H,24,25). The molecule has 0 radical (unpaired) electrons. The molecule has 0 aromatic carbocycles. The molecule has 0 saturated heterocycles. The van der Waals surface area contributed by atoms with Crippen molar-refractivity contribution in [2.45, 2.75) is 6.54 Å². The second-order valence-corrected chi connectivity index (χ2v) is 8.67. The number of hydrogen-bond acceptors (Lipinski definition) is 8. The molecule has 3 aromatic rings. The molecule has 9 heteroatoms. The molecule has 8 nitrogen and oxygen atoms in total. The fourth-order valence-electron chi connectivity index (χ4n) is 3.30. The van der Waals surface area contributed by atoms with Gasteiger partial charge >= 0.3 is 5.97 Å². The van der Waals surface area contributed by atoms with E-state index in [-0.39, 0.29) is 23.8 Å². The van der Waals surface area contributed by atoms with Crippen molar-refractivity contribution in [3.05, 3.63) is 69.7 Å². The summed E-state index contributed by atoms with van der Waals surface area (Å²) in [5.74, 6) is -0.912. The maximum absolute atomic E-state index is 13.2. The van der Waals surface area contributed by atoms with Gasteiger partial charge in [-0.2, -0.15) is 0 Å². The fraction of sp³-hybridized carbons (Fsp3) is 0.261. The lowest BCUT2D eigenvalue weighted by molar-refractivity contribution is -0.140. The van der Waals surface area contributed by atoms with E-state index in [2.05, 4.69) is 9.97 Å². The van der Waals surface area contributed by atoms with Gasteiger partial charge in [-0.3, -0.25) is 4.79 Å². The zero-order chi connectivity index (χ0) is 22.7. The van der Waals surface area contributed by atoms with Gasteiger partial charge in [0.1, 0.15) is 12.3 Å². The molecule has 0 spiro atoms. The van der Waals surface area contributed by atoms with Crippen LogP contribution in [0.15, 0.2) is 59.3 Å². The number of fused-ring (bicyclic) bond motifs is 1. The van der Waals surface area contributed by atoms with Crippen LogP contribution < -0.4 is 0 Å². The summed E-state index contributed by atoms with van der Waals surface area (Å²) in [4.78, 5) is 38.1. The molecule has 4 heterocycles. The number of esters is 1. The minimum atomic E-state index is -0.686. The van der Waals surface area contributed by atoms with Gasteiger partial charge < -0.3 is 24.3 Å². The third-order valence-corrected chi connectivity index (χ3v) is 5.80. The number of carbonyl (C=O) groups is 2. The van der Waals surface area contributed by atoms with Crippen LogP contribution in [-0.4, -0.2) is 65.8 Å². The van der Waals surface area contributed by atoms with Crippen molar-refractivity contribution in [3.8, 4) is 0 Å². The van der Waals surface area contributed by atoms with Crippen molar-refractivity contribution in [1.82, 2.24) is 19.8 Å². The van der Waals surface area contributed by atoms with Gasteiger partial charge in [0.2, 0.25) is 11.7 Å². The topological polar surface area (TPSA) is 87.8 Å². The van der Waals surface area contributed by atoms with E-state index in [9.17, 15) is 9.59 Å². The summed E-state index contributed by atoms with van der Waals surface area (Å²) in [6, 6.07) is 7.67. The zero-order valence-corrected chi connectivity index (χ0v) is 18.9. The van der Waals surface area contributed by atoms with E-state index in [0.29, 0.717) is 18.7 Å². The van der Waals surface area contributed by atoms with Gasteiger partial charge in [0.25, 0.3) is 0 Å². The van der Waals surface area contributed by atoms with E-state index >= 15 is 0 Å². The Morgan fingerprint density at radius 2 is 2.12 bits per heavy atom. The Morgan fingerprint density at radius 1 is 1.28 bits per heavy atom. The molecule has 4 rings (SSSR count). The number of nitrogens with zero attached hydrogens (tertiary/aromatic N) is 3. The third kappa shape index (κ3) is 4.58. The predicted molar refractivity (Wildman–Crippen MR) is 122 cm³/mol. The highest BCUT2D eigenvalue weighted by molar-refractivity contribution is 7.09. The minimum absolute atomic E-state index is 0.0716. The highest BCUT2D eigenvalue weighted by Crippen LogP contribution is 2.31. The van der Waals surface area contributed by atoms with Crippen molar-refractivity contribution < 1.29 is 19.1 Å². The van der Waals surface area contributed by atoms with Gasteiger partial charge in [-0.15, -0.1) is 11.3 Å². The van der Waals surface area contributed by atoms with Crippen molar-refractivity contribution in [2.75, 3.05) is 34.3 Å². The van der Waals surface area contributed by atoms with Gasteiger partial charge in [0.05, 0.1) is 6.54 Å². The largest absolute Gasteiger partial charge is 0.460 e. The summed E-state index contributed by atoms with van der Waals surface area (Å²) < 4.78 is 11.3. The number of ether oxygens (including phenoxy) is 2. The van der Waals surface area contributed by atoms with E-state index in [1.54, 1.807) is 41.8 Å². The number of allylic oxidation sites excluding steroid dienone is 1. The van der Waals surface area contributed by atoms with Crippen molar-refractivity contribution in [1.29, 1.82) is 0 Å². The monoisotopic (exact) mass is 452 g/mol. The predicted octanol–water partition coefficient (Wildman–Crippen LogP) is 3.01. The summed E-state index contributed by atoms with van der Waals surface area (Å²) in [5.41, 5.74) is 1.36. The molecule has 0 unspecified atom stereocenters. The molecular formula is C23H24N4O4S. The molecule has 1 aliphatic heterocycles. The number of H-pyrrole nitrogens is 1. The van der Waals surface area contributed by atoms with Crippen LogP contribution in [0, 0.1) is 0 Å². The molecule has 0 saturated carbocycles. The maximum atomic E-state index is 13.2. The molecule has 0 amide bonds. The molecule has 1 aliphatic rings. The number of thiophene rings is 1. The van der Waals surface area contributed by atoms with Gasteiger partial charge in [0.15, 0.2) is 11.3 Å². The Bertz CT molecular complexity index is 1190. The molecule has 0 bridgehead atoms. The SMILES string of the molecule is CN(C)CCOC(=O)C1=C(N(C)Cc2cccs2)OC(=Cc2c[nH]c3ncccc23)C1=O. The second-order valence-electron chi connectivity index (χ2n) is 7.64. The van der Waals surface area contributed by atoms with Crippen LogP contribution in [-0.2, 0) is 25.6 Å². The van der Waals surface area contributed by atoms with Gasteiger partial charge in [-0.05, 0) is 43.8 Å². The quantitative estimate of drug-likeness (QED) is 0.319. The first kappa shape index (κ1) is 21.8. The first-order chi connectivity index (χ1) is 15.4. The highest BCUT2D eigenvalue weighted by atomic mass is 32.1. The van der Waals surface area contributed by atoms with E-state index in [0.717, 1.165) is 15.8 Å². The average molecular weight is 453 g/mol. The van der Waals surface area contributed by atoms with E-state index in [1.165, 1.54) is 0 Å². The lowest BCUT2D eigenvalue weighted by atomic mass is 10.1. The fourth-order valence-corrected chi connectivity index (χ4v) is 4.06. The van der Waals surface area contributed by atoms with Gasteiger partial charge in [-0.1, -0.05) is 6.07 Å². The summed E-state index contributed by atoms with van der Waals surface area (Å²) in [7, 11) is 5.55. The van der Waals surface area contributed by atoms with E-state index in [1.807, 2.05) is 48.6 Å². The van der Waals surface area contributed by atoms with Gasteiger partial charge in [-0.25, -0.2) is 9.78 Å². The minimum Gasteiger partial charge on any atom is -0.460 e. The second kappa shape index (κ2) is 9.37. The number of aromatic amines is 1. The van der Waals surface area contributed by atoms with Crippen LogP contribution >= 0.6 is 11.3 Å². The lowest BCUT2D eigenvalue weighted by Crippen LogP contribution is -2.24. The molecule has 1 N–H and O–H groups in total. The molecular weight excluding hydrogens is 428 g/mol. The zero-order valence-electron chi connectivity index (χ0n) is 18.1. The summed E-state index contributed by atoms with van der Waals surface area (Å²) in [6.45, 7) is 1.23. The van der Waals surface area contributed by atoms with Crippen LogP contribution in [0.25, 0.3) is 17.1 Å². The van der Waals surface area contributed by atoms with Crippen LogP contribution in [0.5, 0.6) is 0 Å². The summed E-state index contributed by atoms with van der Waals surface area (Å²) in [5, 5.41) is 2.83. The van der Waals surface area contributed by atoms with Crippen molar-refractivity contribution in [2.24, 2.45) is 0 Å². The molecule has 0 fully saturated rings. The number of hydrogen-bond donors (Lipinski definition) is 1. The van der Waals surface area contributed by atoms with Crippen LogP contribution in [0.2, 0.25) is 0 Å². The summed E-state index contributed by atoms with van der Waals surface area (Å²) in [6.07, 6.45) is 5.07. The van der Waals surface area contributed by atoms with E-state index in [4.69, 9.17) is 9.47 Å². The highest BCUT2D eigenvalue weighted by Gasteiger charge is 2.38. The average Bonchev–Trinajstić information content (AvgIpc) is 3.48. The first-order valence-electron chi connectivity index (χ1n) is 10.1. The Kier molecular flexibility index (Phi) is 6.38. The lowest BCUT2D eigenvalue weighted by Gasteiger charge is -2.19. The summed E-state index contributed by atoms with van der Waals surface area (Å²) >= 11 is 1.59. The number of pyridine rings is 1. The number of aromatic nitrogens is 2. The third-order valence-electron chi connectivity index (χ3n) is 4.94. The number of rotatable bonds is 8. The number of likely N-dealkylation sites (N-methyl/N-ethyl adjacent to an activating group) is 1. The molecule has 0 atom stereocenters. The molecule has 32 heavy (non-hydrogen) atoms. The number of carbonyl (C=O) groups excluding carboxylic acids is 2. The number of ketones is 1. The number of nitrogens with one attached hydrogen (secondary N) is 1. The van der Waals surface area contributed by atoms with Gasteiger partial charge in [0, 0.05) is 41.8 Å². The van der Waals surface area contributed by atoms with Crippen LogP contribution in [0.1, 0.15) is 10.4 Å². The van der Waals surface area contributed by atoms with Crippen molar-refractivity contribution in [3.63, 3.8) is 0 Å². The van der Waals surface area contributed by atoms with Crippen molar-refractivity contribution >= 4 is 40.2 Å². The normalized spacial score (nSPS) is 15.1. The Labute approximate surface area is 189 Å². The Hall–Kier alpha value is -3.43. The van der Waals surface area contributed by atoms with Crippen LogP contribution in [0.4, 0.5) is 0 Å². The number of Topliss-reactive ketones (excluding diaryl/α,β-unsaturated/α-hetero) is 1. The molecule has 0 aliphatic carbocycles.